The summed E-state index contributed by atoms with van der Waals surface area (Å²) in [6.07, 6.45) is 0.839. The summed E-state index contributed by atoms with van der Waals surface area (Å²) in [5.74, 6) is -7.47. The fourth-order valence-corrected chi connectivity index (χ4v) is 5.39. The van der Waals surface area contributed by atoms with Crippen LogP contribution in [0.4, 0.5) is 17.6 Å². The van der Waals surface area contributed by atoms with Crippen LogP contribution in [0.15, 0.2) is 0 Å². The number of thioether (sulfide) groups is 1. The maximum absolute atomic E-state index is 13.8. The first-order valence-corrected chi connectivity index (χ1v) is 6.69. The largest absolute Gasteiger partial charge is 0.469 e. The van der Waals surface area contributed by atoms with E-state index >= 15 is 0 Å². The summed E-state index contributed by atoms with van der Waals surface area (Å²) in [5, 5.41) is -4.73. The summed E-state index contributed by atoms with van der Waals surface area (Å²) >= 11 is 0.0944. The van der Waals surface area contributed by atoms with Crippen molar-refractivity contribution in [2.24, 2.45) is 23.7 Å². The molecule has 0 spiro atoms. The first-order chi connectivity index (χ1) is 8.29. The smallest absolute Gasteiger partial charge is 0.356 e. The predicted octanol–water partition coefficient (Wildman–Crippen LogP) is 2.78. The molecule has 2 nitrogen and oxygen atoms in total. The van der Waals surface area contributed by atoms with Crippen LogP contribution >= 0.6 is 11.8 Å². The molecule has 0 unspecified atom stereocenters. The van der Waals surface area contributed by atoms with Gasteiger partial charge in [-0.2, -0.15) is 17.6 Å². The van der Waals surface area contributed by atoms with Crippen molar-refractivity contribution in [3.8, 4) is 0 Å². The molecule has 0 aromatic heterocycles. The van der Waals surface area contributed by atoms with Gasteiger partial charge in [0.25, 0.3) is 0 Å². The summed E-state index contributed by atoms with van der Waals surface area (Å²) in [6.45, 7) is 0. The van der Waals surface area contributed by atoms with E-state index in [1.54, 1.807) is 0 Å². The standard InChI is InChI=1S/C11H12F4O2S/c1-17-9(16)6-3-4-2-5(6)7-8(4)18-11(14,15)10(7,12)13/h4-8H,2-3H2,1H3/t4-,5+,6-,7-,8-/m1/s1. The molecule has 0 amide bonds. The highest BCUT2D eigenvalue weighted by Gasteiger charge is 2.77. The number of halogens is 4. The van der Waals surface area contributed by atoms with Crippen molar-refractivity contribution in [3.05, 3.63) is 0 Å². The zero-order valence-corrected chi connectivity index (χ0v) is 10.4. The van der Waals surface area contributed by atoms with Crippen LogP contribution in [0.1, 0.15) is 12.8 Å². The average Bonchev–Trinajstić information content (AvgIpc) is 2.88. The summed E-state index contributed by atoms with van der Waals surface area (Å²) < 4.78 is 58.7. The molecule has 18 heavy (non-hydrogen) atoms. The van der Waals surface area contributed by atoms with E-state index in [0.29, 0.717) is 12.8 Å². The molecule has 2 bridgehead atoms. The lowest BCUT2D eigenvalue weighted by Gasteiger charge is -2.31. The first kappa shape index (κ1) is 12.6. The van der Waals surface area contributed by atoms with Crippen molar-refractivity contribution in [1.82, 2.24) is 0 Å². The van der Waals surface area contributed by atoms with Crippen molar-refractivity contribution in [2.45, 2.75) is 29.3 Å². The zero-order valence-electron chi connectivity index (χ0n) is 9.54. The molecule has 2 aliphatic carbocycles. The molecule has 1 heterocycles. The van der Waals surface area contributed by atoms with Gasteiger partial charge in [-0.15, -0.1) is 0 Å². The lowest BCUT2D eigenvalue weighted by Crippen LogP contribution is -2.45. The van der Waals surface area contributed by atoms with Gasteiger partial charge in [-0.05, 0) is 24.7 Å². The molecule has 0 radical (unpaired) electrons. The summed E-state index contributed by atoms with van der Waals surface area (Å²) in [5.41, 5.74) is 0. The Morgan fingerprint density at radius 3 is 2.56 bits per heavy atom. The summed E-state index contributed by atoms with van der Waals surface area (Å²) in [4.78, 5) is 11.5. The number of rotatable bonds is 1. The van der Waals surface area contributed by atoms with Gasteiger partial charge < -0.3 is 4.74 Å². The van der Waals surface area contributed by atoms with E-state index in [1.807, 2.05) is 0 Å². The number of esters is 1. The first-order valence-electron chi connectivity index (χ1n) is 5.81. The van der Waals surface area contributed by atoms with Crippen LogP contribution < -0.4 is 0 Å². The van der Waals surface area contributed by atoms with Crippen LogP contribution in [0, 0.1) is 23.7 Å². The number of fused-ring (bicyclic) bond motifs is 5. The Morgan fingerprint density at radius 1 is 1.28 bits per heavy atom. The van der Waals surface area contributed by atoms with Gasteiger partial charge in [0.15, 0.2) is 0 Å². The van der Waals surface area contributed by atoms with Gasteiger partial charge in [0.05, 0.1) is 13.0 Å². The fourth-order valence-electron chi connectivity index (χ4n) is 3.82. The monoisotopic (exact) mass is 284 g/mol. The number of hydrogen-bond donors (Lipinski definition) is 0. The molecule has 0 N–H and O–H groups in total. The normalized spacial score (nSPS) is 47.1. The van der Waals surface area contributed by atoms with E-state index in [9.17, 15) is 22.4 Å². The van der Waals surface area contributed by atoms with Crippen LogP contribution in [-0.4, -0.2) is 29.5 Å². The lowest BCUT2D eigenvalue weighted by atomic mass is 9.77. The second-order valence-electron chi connectivity index (χ2n) is 5.27. The maximum atomic E-state index is 13.8. The SMILES string of the molecule is COC(=O)[C@@H]1C[C@H]2C[C@@H]1[C@@H]1[C@@H]2SC(F)(F)C1(F)F. The molecule has 1 saturated heterocycles. The van der Waals surface area contributed by atoms with Gasteiger partial charge in [-0.1, -0.05) is 11.8 Å². The molecule has 3 fully saturated rings. The highest BCUT2D eigenvalue weighted by atomic mass is 32.2. The van der Waals surface area contributed by atoms with Crippen molar-refractivity contribution in [2.75, 3.05) is 7.11 Å². The van der Waals surface area contributed by atoms with E-state index in [2.05, 4.69) is 4.74 Å². The van der Waals surface area contributed by atoms with E-state index in [4.69, 9.17) is 0 Å². The van der Waals surface area contributed by atoms with Crippen molar-refractivity contribution < 1.29 is 27.1 Å². The third-order valence-electron chi connectivity index (χ3n) is 4.52. The van der Waals surface area contributed by atoms with Gasteiger partial charge in [-0.25, -0.2) is 0 Å². The number of alkyl halides is 4. The Labute approximate surface area is 105 Å². The second-order valence-corrected chi connectivity index (χ2v) is 6.57. The van der Waals surface area contributed by atoms with Crippen molar-refractivity contribution >= 4 is 17.7 Å². The van der Waals surface area contributed by atoms with Crippen molar-refractivity contribution in [3.63, 3.8) is 0 Å². The van der Waals surface area contributed by atoms with Gasteiger partial charge >= 0.3 is 17.1 Å². The molecule has 3 rings (SSSR count). The van der Waals surface area contributed by atoms with E-state index in [-0.39, 0.29) is 17.7 Å². The highest BCUT2D eigenvalue weighted by molar-refractivity contribution is 8.01. The van der Waals surface area contributed by atoms with E-state index < -0.39 is 40.2 Å². The second kappa shape index (κ2) is 3.55. The van der Waals surface area contributed by atoms with Gasteiger partial charge in [-0.3, -0.25) is 4.79 Å². The van der Waals surface area contributed by atoms with Gasteiger partial charge in [0, 0.05) is 11.2 Å². The number of ether oxygens (including phenoxy) is 1. The van der Waals surface area contributed by atoms with E-state index in [0.717, 1.165) is 0 Å². The molecule has 1 aliphatic heterocycles. The Kier molecular flexibility index (Phi) is 2.48. The molecule has 7 heteroatoms. The quantitative estimate of drug-likeness (QED) is 0.547. The molecule has 2 saturated carbocycles. The molecule has 0 aromatic rings. The Balaban J connectivity index is 1.92. The molecule has 5 atom stereocenters. The maximum Gasteiger partial charge on any atom is 0.356 e. The van der Waals surface area contributed by atoms with Gasteiger partial charge in [0.1, 0.15) is 0 Å². The summed E-state index contributed by atoms with van der Waals surface area (Å²) in [6, 6.07) is 0. The number of hydrogen-bond acceptors (Lipinski definition) is 3. The topological polar surface area (TPSA) is 26.3 Å². The third-order valence-corrected chi connectivity index (χ3v) is 6.04. The molecular weight excluding hydrogens is 272 g/mol. The number of carbonyl (C=O) groups is 1. The predicted molar refractivity (Wildman–Crippen MR) is 56.5 cm³/mol. The van der Waals surface area contributed by atoms with Crippen LogP contribution in [0.5, 0.6) is 0 Å². The summed E-state index contributed by atoms with van der Waals surface area (Å²) in [7, 11) is 1.20. The number of methoxy groups -OCH3 is 1. The van der Waals surface area contributed by atoms with Crippen LogP contribution in [0.2, 0.25) is 0 Å². The minimum absolute atomic E-state index is 0.0944. The molecular formula is C11H12F4O2S. The average molecular weight is 284 g/mol. The van der Waals surface area contributed by atoms with Crippen LogP contribution in [0.25, 0.3) is 0 Å². The van der Waals surface area contributed by atoms with E-state index in [1.165, 1.54) is 7.11 Å². The highest BCUT2D eigenvalue weighted by Crippen LogP contribution is 2.70. The minimum atomic E-state index is -4.02. The molecule has 102 valence electrons. The van der Waals surface area contributed by atoms with Gasteiger partial charge in [0.2, 0.25) is 0 Å². The molecule has 0 aromatic carbocycles. The zero-order chi connectivity index (χ0) is 13.3. The Hall–Kier alpha value is -0.460. The van der Waals surface area contributed by atoms with Crippen LogP contribution in [0.3, 0.4) is 0 Å². The third kappa shape index (κ3) is 1.34. The Bertz CT molecular complexity index is 401. The van der Waals surface area contributed by atoms with Crippen LogP contribution in [-0.2, 0) is 9.53 Å². The molecule has 3 aliphatic rings. The fraction of sp³-hybridized carbons (Fsp3) is 0.909. The van der Waals surface area contributed by atoms with Crippen molar-refractivity contribution in [1.29, 1.82) is 0 Å². The minimum Gasteiger partial charge on any atom is -0.469 e. The number of carbonyl (C=O) groups excluding carboxylic acids is 1. The Morgan fingerprint density at radius 2 is 1.94 bits per heavy atom. The lowest BCUT2D eigenvalue weighted by molar-refractivity contribution is -0.188.